The smallest absolute Gasteiger partial charge is 0.410 e. The molecule has 2 heterocycles. The highest BCUT2D eigenvalue weighted by atomic mass is 16.6. The molecule has 0 N–H and O–H groups in total. The van der Waals surface area contributed by atoms with Crippen molar-refractivity contribution in [2.45, 2.75) is 39.8 Å². The van der Waals surface area contributed by atoms with Crippen molar-refractivity contribution in [2.75, 3.05) is 20.3 Å². The zero-order valence-electron chi connectivity index (χ0n) is 17.9. The van der Waals surface area contributed by atoms with Crippen LogP contribution in [0.3, 0.4) is 0 Å². The summed E-state index contributed by atoms with van der Waals surface area (Å²) in [5, 5.41) is 0. The van der Waals surface area contributed by atoms with Gasteiger partial charge in [-0.1, -0.05) is 26.0 Å². The highest BCUT2D eigenvalue weighted by Gasteiger charge is 2.37. The van der Waals surface area contributed by atoms with E-state index in [4.69, 9.17) is 14.2 Å². The Bertz CT molecular complexity index is 912. The fourth-order valence-electron chi connectivity index (χ4n) is 3.41. The van der Waals surface area contributed by atoms with E-state index in [1.807, 2.05) is 51.1 Å². The SMILES string of the molecule is COC(=O)C1c2ccc(OCc3cccc(C)n3)cc2CCN1C(=O)OCC(C)C. The number of ether oxygens (including phenoxy) is 3. The van der Waals surface area contributed by atoms with Crippen LogP contribution < -0.4 is 4.74 Å². The summed E-state index contributed by atoms with van der Waals surface area (Å²) in [5.74, 6) is 0.414. The molecule has 1 aliphatic rings. The lowest BCUT2D eigenvalue weighted by Crippen LogP contribution is -2.44. The Hall–Kier alpha value is -3.09. The number of hydrogen-bond donors (Lipinski definition) is 0. The molecule has 0 aliphatic carbocycles. The lowest BCUT2D eigenvalue weighted by Gasteiger charge is -2.35. The van der Waals surface area contributed by atoms with Gasteiger partial charge in [-0.3, -0.25) is 9.88 Å². The molecule has 7 heteroatoms. The topological polar surface area (TPSA) is 78.0 Å². The van der Waals surface area contributed by atoms with Crippen molar-refractivity contribution >= 4 is 12.1 Å². The molecule has 1 unspecified atom stereocenters. The molecule has 0 bridgehead atoms. The summed E-state index contributed by atoms with van der Waals surface area (Å²) in [4.78, 5) is 30.9. The summed E-state index contributed by atoms with van der Waals surface area (Å²) in [5.41, 5.74) is 3.47. The van der Waals surface area contributed by atoms with Crippen molar-refractivity contribution in [3.05, 3.63) is 58.9 Å². The number of aromatic nitrogens is 1. The van der Waals surface area contributed by atoms with Gasteiger partial charge in [0.25, 0.3) is 0 Å². The fraction of sp³-hybridized carbons (Fsp3) is 0.435. The minimum atomic E-state index is -0.828. The van der Waals surface area contributed by atoms with Gasteiger partial charge in [-0.25, -0.2) is 9.59 Å². The predicted octanol–water partition coefficient (Wildman–Crippen LogP) is 3.83. The second kappa shape index (κ2) is 9.61. The van der Waals surface area contributed by atoms with Gasteiger partial charge in [0.15, 0.2) is 6.04 Å². The van der Waals surface area contributed by atoms with Gasteiger partial charge in [-0.05, 0) is 54.7 Å². The molecule has 1 amide bonds. The number of nitrogens with zero attached hydrogens (tertiary/aromatic N) is 2. The molecule has 2 aromatic rings. The highest BCUT2D eigenvalue weighted by Crippen LogP contribution is 2.33. The summed E-state index contributed by atoms with van der Waals surface area (Å²) in [7, 11) is 1.32. The molecule has 30 heavy (non-hydrogen) atoms. The first-order valence-electron chi connectivity index (χ1n) is 10.1. The zero-order valence-corrected chi connectivity index (χ0v) is 17.9. The van der Waals surface area contributed by atoms with E-state index < -0.39 is 18.1 Å². The largest absolute Gasteiger partial charge is 0.487 e. The quantitative estimate of drug-likeness (QED) is 0.671. The van der Waals surface area contributed by atoms with Gasteiger partial charge in [-0.2, -0.15) is 0 Å². The van der Waals surface area contributed by atoms with Crippen molar-refractivity contribution in [3.8, 4) is 5.75 Å². The van der Waals surface area contributed by atoms with Gasteiger partial charge in [0.05, 0.1) is 19.4 Å². The number of amides is 1. The monoisotopic (exact) mass is 412 g/mol. The minimum Gasteiger partial charge on any atom is -0.487 e. The first-order chi connectivity index (χ1) is 14.4. The van der Waals surface area contributed by atoms with Crippen molar-refractivity contribution < 1.29 is 23.8 Å². The van der Waals surface area contributed by atoms with E-state index in [-0.39, 0.29) is 5.92 Å². The molecule has 0 saturated heterocycles. The molecule has 1 aliphatic heterocycles. The number of esters is 1. The first-order valence-corrected chi connectivity index (χ1v) is 10.1. The molecule has 7 nitrogen and oxygen atoms in total. The van der Waals surface area contributed by atoms with E-state index >= 15 is 0 Å². The Morgan fingerprint density at radius 3 is 2.73 bits per heavy atom. The molecule has 1 aromatic carbocycles. The highest BCUT2D eigenvalue weighted by molar-refractivity contribution is 5.84. The van der Waals surface area contributed by atoms with Crippen LogP contribution in [0.4, 0.5) is 4.79 Å². The Balaban J connectivity index is 1.78. The van der Waals surface area contributed by atoms with Crippen LogP contribution in [0.1, 0.15) is 42.4 Å². The summed E-state index contributed by atoms with van der Waals surface area (Å²) in [6, 6.07) is 10.5. The number of aryl methyl sites for hydroxylation is 1. The Labute approximate surface area is 177 Å². The average Bonchev–Trinajstić information content (AvgIpc) is 2.74. The number of benzene rings is 1. The molecule has 3 rings (SSSR count). The maximum atomic E-state index is 12.6. The Kier molecular flexibility index (Phi) is 6.92. The number of hydrogen-bond acceptors (Lipinski definition) is 6. The normalized spacial score (nSPS) is 15.5. The lowest BCUT2D eigenvalue weighted by molar-refractivity contribution is -0.147. The predicted molar refractivity (Wildman–Crippen MR) is 111 cm³/mol. The number of fused-ring (bicyclic) bond motifs is 1. The van der Waals surface area contributed by atoms with E-state index in [1.54, 1.807) is 6.07 Å². The summed E-state index contributed by atoms with van der Waals surface area (Å²) < 4.78 is 16.2. The molecule has 0 radical (unpaired) electrons. The van der Waals surface area contributed by atoms with Crippen molar-refractivity contribution in [3.63, 3.8) is 0 Å². The molecular weight excluding hydrogens is 384 g/mol. The second-order valence-electron chi connectivity index (χ2n) is 7.76. The van der Waals surface area contributed by atoms with Gasteiger partial charge < -0.3 is 14.2 Å². The van der Waals surface area contributed by atoms with Crippen LogP contribution in [-0.2, 0) is 27.3 Å². The van der Waals surface area contributed by atoms with E-state index in [0.717, 1.165) is 22.5 Å². The third-order valence-corrected chi connectivity index (χ3v) is 4.87. The fourth-order valence-corrected chi connectivity index (χ4v) is 3.41. The molecule has 0 spiro atoms. The van der Waals surface area contributed by atoms with Gasteiger partial charge in [0, 0.05) is 12.2 Å². The summed E-state index contributed by atoms with van der Waals surface area (Å²) >= 11 is 0. The molecule has 160 valence electrons. The maximum Gasteiger partial charge on any atom is 0.410 e. The Morgan fingerprint density at radius 1 is 1.23 bits per heavy atom. The maximum absolute atomic E-state index is 12.6. The van der Waals surface area contributed by atoms with Gasteiger partial charge in [-0.15, -0.1) is 0 Å². The first kappa shape index (κ1) is 21.6. The molecule has 1 atom stereocenters. The number of pyridine rings is 1. The lowest BCUT2D eigenvalue weighted by atomic mass is 9.92. The van der Waals surface area contributed by atoms with E-state index in [0.29, 0.717) is 31.9 Å². The van der Waals surface area contributed by atoms with Crippen LogP contribution >= 0.6 is 0 Å². The van der Waals surface area contributed by atoms with Gasteiger partial charge in [0.1, 0.15) is 12.4 Å². The standard InChI is InChI=1S/C23H28N2O5/c1-15(2)13-30-23(27)25-11-10-17-12-19(8-9-20(17)21(25)22(26)28-4)29-14-18-7-5-6-16(3)24-18/h5-9,12,15,21H,10-11,13-14H2,1-4H3. The summed E-state index contributed by atoms with van der Waals surface area (Å²) in [6.45, 7) is 6.89. The van der Waals surface area contributed by atoms with Crippen molar-refractivity contribution in [1.29, 1.82) is 0 Å². The van der Waals surface area contributed by atoms with Crippen LogP contribution in [0.15, 0.2) is 36.4 Å². The van der Waals surface area contributed by atoms with Crippen LogP contribution in [0.2, 0.25) is 0 Å². The summed E-state index contributed by atoms with van der Waals surface area (Å²) in [6.07, 6.45) is 0.0927. The minimum absolute atomic E-state index is 0.213. The number of carbonyl (C=O) groups is 2. The average molecular weight is 412 g/mol. The van der Waals surface area contributed by atoms with Gasteiger partial charge in [0.2, 0.25) is 0 Å². The Morgan fingerprint density at radius 2 is 2.03 bits per heavy atom. The molecule has 0 fully saturated rings. The van der Waals surface area contributed by atoms with Gasteiger partial charge >= 0.3 is 12.1 Å². The van der Waals surface area contributed by atoms with Crippen LogP contribution in [0, 0.1) is 12.8 Å². The van der Waals surface area contributed by atoms with E-state index in [9.17, 15) is 9.59 Å². The van der Waals surface area contributed by atoms with E-state index in [1.165, 1.54) is 12.0 Å². The molecule has 1 aromatic heterocycles. The van der Waals surface area contributed by atoms with Crippen LogP contribution in [0.25, 0.3) is 0 Å². The number of methoxy groups -OCH3 is 1. The number of carbonyl (C=O) groups excluding carboxylic acids is 2. The van der Waals surface area contributed by atoms with E-state index in [2.05, 4.69) is 4.98 Å². The second-order valence-corrected chi connectivity index (χ2v) is 7.76. The van der Waals surface area contributed by atoms with Crippen LogP contribution in [-0.4, -0.2) is 42.2 Å². The third kappa shape index (κ3) is 5.09. The number of rotatable bonds is 6. The molecule has 0 saturated carbocycles. The molecular formula is C23H28N2O5. The zero-order chi connectivity index (χ0) is 21.7. The van der Waals surface area contributed by atoms with Crippen molar-refractivity contribution in [1.82, 2.24) is 9.88 Å². The van der Waals surface area contributed by atoms with Crippen LogP contribution in [0.5, 0.6) is 5.75 Å². The van der Waals surface area contributed by atoms with Crippen molar-refractivity contribution in [2.24, 2.45) is 5.92 Å². The third-order valence-electron chi connectivity index (χ3n) is 4.87.